The second-order valence-electron chi connectivity index (χ2n) is 5.96. The molecule has 1 fully saturated rings. The van der Waals surface area contributed by atoms with E-state index in [2.05, 4.69) is 20.8 Å². The lowest BCUT2D eigenvalue weighted by Crippen LogP contribution is -2.45. The van der Waals surface area contributed by atoms with Crippen LogP contribution in [0, 0.1) is 17.8 Å². The number of nitrogens with two attached hydrogens (primary N) is 1. The lowest BCUT2D eigenvalue weighted by Gasteiger charge is -2.40. The largest absolute Gasteiger partial charge is 0.396 e. The molecule has 1 unspecified atom stereocenters. The van der Waals surface area contributed by atoms with Gasteiger partial charge in [0.25, 0.3) is 0 Å². The summed E-state index contributed by atoms with van der Waals surface area (Å²) in [6, 6.07) is 0. The standard InChI is InChI=1S/C13H27NO/c1-10-4-6-11(7-5-10)12(8-9-15)13(2,3)14/h10-12,15H,4-9,14H2,1-3H3. The van der Waals surface area contributed by atoms with Crippen molar-refractivity contribution in [1.29, 1.82) is 0 Å². The van der Waals surface area contributed by atoms with Crippen LogP contribution in [0.5, 0.6) is 0 Å². The van der Waals surface area contributed by atoms with E-state index in [0.29, 0.717) is 5.92 Å². The summed E-state index contributed by atoms with van der Waals surface area (Å²) in [5.74, 6) is 2.10. The van der Waals surface area contributed by atoms with Crippen molar-refractivity contribution in [3.8, 4) is 0 Å². The first-order chi connectivity index (χ1) is 6.95. The molecule has 0 aromatic heterocycles. The molecule has 0 spiro atoms. The van der Waals surface area contributed by atoms with Crippen molar-refractivity contribution in [2.75, 3.05) is 6.61 Å². The van der Waals surface area contributed by atoms with Gasteiger partial charge in [-0.15, -0.1) is 0 Å². The zero-order valence-electron chi connectivity index (χ0n) is 10.5. The van der Waals surface area contributed by atoms with E-state index < -0.39 is 0 Å². The number of aliphatic hydroxyl groups excluding tert-OH is 1. The monoisotopic (exact) mass is 213 g/mol. The maximum absolute atomic E-state index is 9.13. The van der Waals surface area contributed by atoms with Crippen molar-refractivity contribution < 1.29 is 5.11 Å². The van der Waals surface area contributed by atoms with Crippen LogP contribution in [-0.2, 0) is 0 Å². The molecule has 0 heterocycles. The van der Waals surface area contributed by atoms with Gasteiger partial charge in [0, 0.05) is 12.1 Å². The molecule has 1 rings (SSSR count). The smallest absolute Gasteiger partial charge is 0.0434 e. The molecule has 2 nitrogen and oxygen atoms in total. The minimum Gasteiger partial charge on any atom is -0.396 e. The highest BCUT2D eigenvalue weighted by atomic mass is 16.3. The predicted octanol–water partition coefficient (Wildman–Crippen LogP) is 2.55. The van der Waals surface area contributed by atoms with Crippen LogP contribution < -0.4 is 5.73 Å². The summed E-state index contributed by atoms with van der Waals surface area (Å²) >= 11 is 0. The minimum absolute atomic E-state index is 0.145. The van der Waals surface area contributed by atoms with Crippen molar-refractivity contribution >= 4 is 0 Å². The van der Waals surface area contributed by atoms with Crippen LogP contribution in [0.4, 0.5) is 0 Å². The fourth-order valence-electron chi connectivity index (χ4n) is 3.04. The summed E-state index contributed by atoms with van der Waals surface area (Å²) < 4.78 is 0. The van der Waals surface area contributed by atoms with Crippen molar-refractivity contribution in [2.45, 2.75) is 58.4 Å². The second-order valence-corrected chi connectivity index (χ2v) is 5.96. The quantitative estimate of drug-likeness (QED) is 0.754. The number of hydrogen-bond donors (Lipinski definition) is 2. The fourth-order valence-corrected chi connectivity index (χ4v) is 3.04. The maximum atomic E-state index is 9.13. The lowest BCUT2D eigenvalue weighted by molar-refractivity contribution is 0.118. The van der Waals surface area contributed by atoms with E-state index in [1.807, 2.05) is 0 Å². The van der Waals surface area contributed by atoms with Gasteiger partial charge in [0.05, 0.1) is 0 Å². The lowest BCUT2D eigenvalue weighted by atomic mass is 9.69. The molecule has 1 saturated carbocycles. The molecule has 0 radical (unpaired) electrons. The van der Waals surface area contributed by atoms with E-state index in [1.165, 1.54) is 25.7 Å². The summed E-state index contributed by atoms with van der Waals surface area (Å²) in [4.78, 5) is 0. The van der Waals surface area contributed by atoms with Gasteiger partial charge in [-0.1, -0.05) is 19.8 Å². The molecule has 1 aliphatic rings. The first-order valence-electron chi connectivity index (χ1n) is 6.35. The Balaban J connectivity index is 2.56. The maximum Gasteiger partial charge on any atom is 0.0434 e. The average molecular weight is 213 g/mol. The van der Waals surface area contributed by atoms with Gasteiger partial charge in [0.2, 0.25) is 0 Å². The Labute approximate surface area is 94.2 Å². The summed E-state index contributed by atoms with van der Waals surface area (Å²) in [6.07, 6.45) is 6.13. The van der Waals surface area contributed by atoms with Gasteiger partial charge in [0.1, 0.15) is 0 Å². The first kappa shape index (κ1) is 13.0. The molecule has 0 aliphatic heterocycles. The van der Waals surface area contributed by atoms with Crippen LogP contribution in [0.25, 0.3) is 0 Å². The van der Waals surface area contributed by atoms with E-state index in [4.69, 9.17) is 10.8 Å². The van der Waals surface area contributed by atoms with Crippen molar-refractivity contribution in [2.24, 2.45) is 23.5 Å². The van der Waals surface area contributed by atoms with Gasteiger partial charge >= 0.3 is 0 Å². The van der Waals surface area contributed by atoms with E-state index in [0.717, 1.165) is 18.3 Å². The van der Waals surface area contributed by atoms with E-state index in [1.54, 1.807) is 0 Å². The van der Waals surface area contributed by atoms with Gasteiger partial charge in [-0.3, -0.25) is 0 Å². The van der Waals surface area contributed by atoms with Crippen LogP contribution in [0.15, 0.2) is 0 Å². The van der Waals surface area contributed by atoms with Crippen LogP contribution in [0.2, 0.25) is 0 Å². The molecular formula is C13H27NO. The SMILES string of the molecule is CC1CCC(C(CCO)C(C)(C)N)CC1. The zero-order valence-corrected chi connectivity index (χ0v) is 10.5. The Morgan fingerprint density at radius 1 is 1.27 bits per heavy atom. The van der Waals surface area contributed by atoms with Crippen LogP contribution >= 0.6 is 0 Å². The van der Waals surface area contributed by atoms with Gasteiger partial charge in [-0.25, -0.2) is 0 Å². The zero-order chi connectivity index (χ0) is 11.5. The molecule has 0 aromatic rings. The fraction of sp³-hybridized carbons (Fsp3) is 1.00. The summed E-state index contributed by atoms with van der Waals surface area (Å²) in [5.41, 5.74) is 6.08. The number of aliphatic hydroxyl groups is 1. The third kappa shape index (κ3) is 3.76. The van der Waals surface area contributed by atoms with Crippen molar-refractivity contribution in [3.05, 3.63) is 0 Å². The number of hydrogen-bond acceptors (Lipinski definition) is 2. The number of rotatable bonds is 4. The Morgan fingerprint density at radius 2 is 1.80 bits per heavy atom. The molecule has 1 atom stereocenters. The topological polar surface area (TPSA) is 46.2 Å². The molecule has 0 bridgehead atoms. The summed E-state index contributed by atoms with van der Waals surface area (Å²) in [6.45, 7) is 6.82. The molecule has 2 heteroatoms. The molecule has 0 amide bonds. The highest BCUT2D eigenvalue weighted by molar-refractivity contribution is 4.88. The van der Waals surface area contributed by atoms with Crippen molar-refractivity contribution in [1.82, 2.24) is 0 Å². The van der Waals surface area contributed by atoms with Gasteiger partial charge < -0.3 is 10.8 Å². The van der Waals surface area contributed by atoms with Gasteiger partial charge in [0.15, 0.2) is 0 Å². The molecule has 90 valence electrons. The summed E-state index contributed by atoms with van der Waals surface area (Å²) in [5, 5.41) is 9.13. The van der Waals surface area contributed by atoms with Crippen molar-refractivity contribution in [3.63, 3.8) is 0 Å². The third-order valence-corrected chi connectivity index (χ3v) is 4.03. The van der Waals surface area contributed by atoms with Crippen LogP contribution in [0.1, 0.15) is 52.9 Å². The third-order valence-electron chi connectivity index (χ3n) is 4.03. The molecule has 1 aliphatic carbocycles. The average Bonchev–Trinajstić information content (AvgIpc) is 2.14. The molecule has 0 saturated heterocycles. The second kappa shape index (κ2) is 5.31. The normalized spacial score (nSPS) is 30.2. The molecular weight excluding hydrogens is 186 g/mol. The first-order valence-corrected chi connectivity index (χ1v) is 6.35. The van der Waals surface area contributed by atoms with E-state index in [9.17, 15) is 0 Å². The van der Waals surface area contributed by atoms with Crippen LogP contribution in [-0.4, -0.2) is 17.3 Å². The Kier molecular flexibility index (Phi) is 4.60. The Hall–Kier alpha value is -0.0800. The van der Waals surface area contributed by atoms with E-state index >= 15 is 0 Å². The molecule has 3 N–H and O–H groups in total. The minimum atomic E-state index is -0.145. The summed E-state index contributed by atoms with van der Waals surface area (Å²) in [7, 11) is 0. The molecule has 15 heavy (non-hydrogen) atoms. The van der Waals surface area contributed by atoms with Gasteiger partial charge in [-0.2, -0.15) is 0 Å². The van der Waals surface area contributed by atoms with E-state index in [-0.39, 0.29) is 12.1 Å². The Bertz CT molecular complexity index is 177. The molecule has 0 aromatic carbocycles. The Morgan fingerprint density at radius 3 is 2.20 bits per heavy atom. The highest BCUT2D eigenvalue weighted by Gasteiger charge is 2.33. The van der Waals surface area contributed by atoms with Crippen LogP contribution in [0.3, 0.4) is 0 Å². The van der Waals surface area contributed by atoms with Gasteiger partial charge in [-0.05, 0) is 50.9 Å². The highest BCUT2D eigenvalue weighted by Crippen LogP contribution is 2.38. The predicted molar refractivity (Wildman–Crippen MR) is 64.6 cm³/mol.